The van der Waals surface area contributed by atoms with Crippen molar-refractivity contribution in [3.63, 3.8) is 0 Å². The summed E-state index contributed by atoms with van der Waals surface area (Å²) in [5.41, 5.74) is -1.35. The summed E-state index contributed by atoms with van der Waals surface area (Å²) in [4.78, 5) is 12.9. The Balaban J connectivity index is 1.36. The van der Waals surface area contributed by atoms with Crippen LogP contribution in [0.15, 0.2) is 18.2 Å². The lowest BCUT2D eigenvalue weighted by Gasteiger charge is -2.46. The molecule has 0 saturated heterocycles. The van der Waals surface area contributed by atoms with Crippen molar-refractivity contribution in [2.24, 2.45) is 35.5 Å². The third-order valence-corrected chi connectivity index (χ3v) is 8.59. The van der Waals surface area contributed by atoms with E-state index in [9.17, 15) is 22.4 Å². The maximum Gasteiger partial charge on any atom is 0.419 e. The van der Waals surface area contributed by atoms with Gasteiger partial charge in [0.15, 0.2) is 0 Å². The lowest BCUT2D eigenvalue weighted by Crippen LogP contribution is -2.40. The van der Waals surface area contributed by atoms with Gasteiger partial charge in [0.2, 0.25) is 0 Å². The van der Waals surface area contributed by atoms with Crippen molar-refractivity contribution in [1.29, 1.82) is 0 Å². The van der Waals surface area contributed by atoms with Crippen LogP contribution in [0.3, 0.4) is 0 Å². The molecule has 3 fully saturated rings. The molecule has 4 unspecified atom stereocenters. The van der Waals surface area contributed by atoms with Crippen molar-refractivity contribution >= 4 is 5.97 Å². The summed E-state index contributed by atoms with van der Waals surface area (Å²) in [7, 11) is 0. The number of rotatable bonds is 4. The van der Waals surface area contributed by atoms with E-state index in [1.54, 1.807) is 0 Å². The molecule has 1 aromatic carbocycles. The average molecular weight is 455 g/mol. The Kier molecular flexibility index (Phi) is 7.16. The van der Waals surface area contributed by atoms with Crippen LogP contribution in [0, 0.1) is 41.3 Å². The molecule has 32 heavy (non-hydrogen) atoms. The maximum atomic E-state index is 13.9. The topological polar surface area (TPSA) is 26.3 Å². The quantitative estimate of drug-likeness (QED) is 0.264. The molecule has 0 aromatic heterocycles. The van der Waals surface area contributed by atoms with E-state index in [2.05, 4.69) is 6.92 Å². The zero-order valence-corrected chi connectivity index (χ0v) is 18.8. The first-order chi connectivity index (χ1) is 15.3. The average Bonchev–Trinajstić information content (AvgIpc) is 2.77. The van der Waals surface area contributed by atoms with Gasteiger partial charge in [0.1, 0.15) is 11.6 Å². The van der Waals surface area contributed by atoms with E-state index < -0.39 is 23.5 Å². The van der Waals surface area contributed by atoms with E-state index in [-0.39, 0.29) is 17.6 Å². The second kappa shape index (κ2) is 9.72. The summed E-state index contributed by atoms with van der Waals surface area (Å²) < 4.78 is 57.6. The van der Waals surface area contributed by atoms with Gasteiger partial charge in [-0.15, -0.1) is 0 Å². The van der Waals surface area contributed by atoms with Gasteiger partial charge in [-0.05, 0) is 80.2 Å². The van der Waals surface area contributed by atoms with Gasteiger partial charge in [0, 0.05) is 6.07 Å². The molecule has 0 radical (unpaired) electrons. The Bertz CT molecular complexity index is 798. The summed E-state index contributed by atoms with van der Waals surface area (Å²) in [5.74, 6) is 1.05. The molecule has 3 aliphatic carbocycles. The molecule has 0 spiro atoms. The molecule has 0 heterocycles. The molecule has 4 rings (SSSR count). The van der Waals surface area contributed by atoms with Crippen LogP contribution in [-0.4, -0.2) is 5.97 Å². The van der Waals surface area contributed by atoms with Gasteiger partial charge in [-0.2, -0.15) is 13.2 Å². The fourth-order valence-corrected chi connectivity index (χ4v) is 6.77. The molecule has 0 N–H and O–H groups in total. The van der Waals surface area contributed by atoms with Gasteiger partial charge >= 0.3 is 12.1 Å². The largest absolute Gasteiger partial charge is 0.426 e. The molecule has 0 amide bonds. The number of hydrogen-bond donors (Lipinski definition) is 0. The predicted molar refractivity (Wildman–Crippen MR) is 114 cm³/mol. The number of ether oxygens (including phenoxy) is 1. The van der Waals surface area contributed by atoms with Gasteiger partial charge in [0.05, 0.1) is 11.5 Å². The van der Waals surface area contributed by atoms with E-state index in [0.717, 1.165) is 55.9 Å². The Morgan fingerprint density at radius 2 is 1.69 bits per heavy atom. The smallest absolute Gasteiger partial charge is 0.419 e. The highest BCUT2D eigenvalue weighted by Crippen LogP contribution is 2.50. The van der Waals surface area contributed by atoms with Gasteiger partial charge in [-0.1, -0.05) is 39.0 Å². The summed E-state index contributed by atoms with van der Waals surface area (Å²) in [6, 6.07) is 2.35. The molecule has 2 nitrogen and oxygen atoms in total. The number of halogens is 4. The van der Waals surface area contributed by atoms with E-state index in [0.29, 0.717) is 18.1 Å². The van der Waals surface area contributed by atoms with Crippen LogP contribution >= 0.6 is 0 Å². The molecule has 178 valence electrons. The molecular weight excluding hydrogens is 420 g/mol. The molecule has 6 heteroatoms. The zero-order valence-electron chi connectivity index (χ0n) is 18.8. The molecule has 1 aromatic rings. The van der Waals surface area contributed by atoms with Crippen LogP contribution in [0.4, 0.5) is 17.6 Å². The molecule has 3 saturated carbocycles. The summed E-state index contributed by atoms with van der Waals surface area (Å²) in [5, 5.41) is 0. The second-order valence-corrected chi connectivity index (χ2v) is 10.3. The van der Waals surface area contributed by atoms with Crippen LogP contribution in [0.1, 0.15) is 83.1 Å². The van der Waals surface area contributed by atoms with Crippen molar-refractivity contribution in [3.8, 4) is 5.75 Å². The summed E-state index contributed by atoms with van der Waals surface area (Å²) in [6.45, 7) is 2.29. The lowest BCUT2D eigenvalue weighted by molar-refractivity contribution is -0.144. The van der Waals surface area contributed by atoms with E-state index in [4.69, 9.17) is 4.74 Å². The first kappa shape index (κ1) is 23.6. The maximum absolute atomic E-state index is 13.9. The number of benzene rings is 1. The highest BCUT2D eigenvalue weighted by atomic mass is 19.4. The van der Waals surface area contributed by atoms with Crippen molar-refractivity contribution in [1.82, 2.24) is 0 Å². The van der Waals surface area contributed by atoms with Crippen LogP contribution in [0.2, 0.25) is 0 Å². The summed E-state index contributed by atoms with van der Waals surface area (Å²) >= 11 is 0. The van der Waals surface area contributed by atoms with Crippen molar-refractivity contribution in [2.45, 2.75) is 83.7 Å². The van der Waals surface area contributed by atoms with Crippen LogP contribution in [-0.2, 0) is 11.0 Å². The number of hydrogen-bond acceptors (Lipinski definition) is 2. The summed E-state index contributed by atoms with van der Waals surface area (Å²) in [6.07, 6.45) is 8.12. The number of carbonyl (C=O) groups excluding carboxylic acids is 1. The van der Waals surface area contributed by atoms with Crippen molar-refractivity contribution in [2.75, 3.05) is 0 Å². The van der Waals surface area contributed by atoms with Gasteiger partial charge in [-0.25, -0.2) is 4.39 Å². The highest BCUT2D eigenvalue weighted by Gasteiger charge is 2.43. The molecule has 0 aliphatic heterocycles. The number of alkyl halides is 3. The third-order valence-electron chi connectivity index (χ3n) is 8.59. The van der Waals surface area contributed by atoms with Gasteiger partial charge in [-0.3, -0.25) is 4.79 Å². The Morgan fingerprint density at radius 3 is 2.34 bits per heavy atom. The Morgan fingerprint density at radius 1 is 0.969 bits per heavy atom. The predicted octanol–water partition coefficient (Wildman–Crippen LogP) is 7.80. The minimum absolute atomic E-state index is 0.149. The van der Waals surface area contributed by atoms with Crippen molar-refractivity contribution < 1.29 is 27.1 Å². The van der Waals surface area contributed by atoms with Crippen LogP contribution in [0.25, 0.3) is 0 Å². The lowest BCUT2D eigenvalue weighted by atomic mass is 9.59. The SMILES string of the molecule is CCC1CCC(C2CCC3C(CCCC3C(=O)Oc3ccc(C(F)(F)F)c(F)c3)C2)CC1. The highest BCUT2D eigenvalue weighted by molar-refractivity contribution is 5.75. The molecule has 4 atom stereocenters. The Hall–Kier alpha value is -1.59. The Labute approximate surface area is 188 Å². The number of esters is 1. The monoisotopic (exact) mass is 454 g/mol. The number of carbonyl (C=O) groups is 1. The van der Waals surface area contributed by atoms with E-state index in [1.807, 2.05) is 0 Å². The van der Waals surface area contributed by atoms with Gasteiger partial charge in [0.25, 0.3) is 0 Å². The first-order valence-electron chi connectivity index (χ1n) is 12.3. The minimum atomic E-state index is -4.77. The second-order valence-electron chi connectivity index (χ2n) is 10.3. The van der Waals surface area contributed by atoms with E-state index >= 15 is 0 Å². The fourth-order valence-electron chi connectivity index (χ4n) is 6.77. The third kappa shape index (κ3) is 5.14. The van der Waals surface area contributed by atoms with Crippen molar-refractivity contribution in [3.05, 3.63) is 29.6 Å². The molecule has 3 aliphatic rings. The fraction of sp³-hybridized carbons (Fsp3) is 0.731. The minimum Gasteiger partial charge on any atom is -0.426 e. The first-order valence-corrected chi connectivity index (χ1v) is 12.3. The normalized spacial score (nSPS) is 33.4. The van der Waals surface area contributed by atoms with Gasteiger partial charge < -0.3 is 4.74 Å². The molecular formula is C26H34F4O2. The standard InChI is InChI=1S/C26H34F4O2/c1-2-16-6-8-17(9-7-16)18-10-12-21-19(14-18)4-3-5-22(21)25(31)32-20-11-13-23(24(27)15-20)26(28,29)30/h11,13,15-19,21-22H,2-10,12,14H2,1H3. The zero-order chi connectivity index (χ0) is 22.9. The molecule has 0 bridgehead atoms. The number of fused-ring (bicyclic) bond motifs is 1. The van der Waals surface area contributed by atoms with Crippen LogP contribution in [0.5, 0.6) is 5.75 Å². The van der Waals surface area contributed by atoms with Crippen LogP contribution < -0.4 is 4.74 Å². The van der Waals surface area contributed by atoms with E-state index in [1.165, 1.54) is 38.5 Å².